The minimum Gasteiger partial charge on any atom is -0.338 e. The van der Waals surface area contributed by atoms with Gasteiger partial charge in [-0.3, -0.25) is 9.69 Å². The van der Waals surface area contributed by atoms with Crippen LogP contribution < -0.4 is 5.32 Å². The average Bonchev–Trinajstić information content (AvgIpc) is 2.77. The van der Waals surface area contributed by atoms with Crippen molar-refractivity contribution >= 4 is 5.91 Å². The first-order chi connectivity index (χ1) is 7.59. The third-order valence-electron chi connectivity index (χ3n) is 4.03. The minimum atomic E-state index is 0.0859. The fourth-order valence-corrected chi connectivity index (χ4v) is 2.70. The third kappa shape index (κ3) is 2.23. The van der Waals surface area contributed by atoms with Crippen molar-refractivity contribution in [2.24, 2.45) is 0 Å². The Balaban J connectivity index is 1.96. The lowest BCUT2D eigenvalue weighted by molar-refractivity contribution is -0.137. The summed E-state index contributed by atoms with van der Waals surface area (Å²) in [4.78, 5) is 16.6. The van der Waals surface area contributed by atoms with Crippen molar-refractivity contribution in [2.75, 3.05) is 26.7 Å². The van der Waals surface area contributed by atoms with Crippen LogP contribution >= 0.6 is 0 Å². The molecule has 0 aromatic heterocycles. The lowest BCUT2D eigenvalue weighted by Crippen LogP contribution is -2.58. The summed E-state index contributed by atoms with van der Waals surface area (Å²) in [7, 11) is 2.14. The van der Waals surface area contributed by atoms with Gasteiger partial charge in [0, 0.05) is 25.2 Å². The van der Waals surface area contributed by atoms with Gasteiger partial charge in [0.05, 0.1) is 6.04 Å². The Morgan fingerprint density at radius 2 is 1.88 bits per heavy atom. The van der Waals surface area contributed by atoms with E-state index in [1.165, 1.54) is 0 Å². The van der Waals surface area contributed by atoms with E-state index < -0.39 is 0 Å². The van der Waals surface area contributed by atoms with Gasteiger partial charge in [-0.2, -0.15) is 0 Å². The number of rotatable bonds is 1. The fraction of sp³-hybridized carbons (Fsp3) is 0.917. The Labute approximate surface area is 98.0 Å². The van der Waals surface area contributed by atoms with Crippen molar-refractivity contribution in [2.45, 2.75) is 44.8 Å². The van der Waals surface area contributed by atoms with Crippen LogP contribution in [0.1, 0.15) is 26.7 Å². The molecule has 2 heterocycles. The number of carbonyl (C=O) groups excluding carboxylic acids is 1. The summed E-state index contributed by atoms with van der Waals surface area (Å²) in [5, 5.41) is 3.29. The molecule has 0 aromatic carbocycles. The molecule has 2 aliphatic rings. The Morgan fingerprint density at radius 3 is 2.38 bits per heavy atom. The molecule has 0 saturated carbocycles. The van der Waals surface area contributed by atoms with Crippen LogP contribution in [-0.2, 0) is 4.79 Å². The molecule has 2 aliphatic heterocycles. The van der Waals surface area contributed by atoms with Gasteiger partial charge in [0.25, 0.3) is 0 Å². The highest BCUT2D eigenvalue weighted by molar-refractivity contribution is 5.82. The number of hydrogen-bond donors (Lipinski definition) is 1. The van der Waals surface area contributed by atoms with Crippen LogP contribution in [-0.4, -0.2) is 60.5 Å². The molecule has 0 aromatic rings. The molecule has 1 N–H and O–H groups in total. The van der Waals surface area contributed by atoms with Gasteiger partial charge in [-0.05, 0) is 40.3 Å². The topological polar surface area (TPSA) is 35.6 Å². The number of nitrogens with zero attached hydrogens (tertiary/aromatic N) is 2. The van der Waals surface area contributed by atoms with Gasteiger partial charge in [-0.25, -0.2) is 0 Å². The van der Waals surface area contributed by atoms with E-state index in [1.54, 1.807) is 0 Å². The van der Waals surface area contributed by atoms with Gasteiger partial charge in [-0.1, -0.05) is 0 Å². The molecular weight excluding hydrogens is 202 g/mol. The maximum absolute atomic E-state index is 12.2. The van der Waals surface area contributed by atoms with Gasteiger partial charge >= 0.3 is 0 Å². The summed E-state index contributed by atoms with van der Waals surface area (Å²) in [6.45, 7) is 7.13. The summed E-state index contributed by atoms with van der Waals surface area (Å²) in [5.41, 5.74) is 0. The zero-order valence-electron chi connectivity index (χ0n) is 10.6. The number of hydrogen-bond acceptors (Lipinski definition) is 3. The van der Waals surface area contributed by atoms with Crippen LogP contribution in [0, 0.1) is 0 Å². The SMILES string of the molecule is CC1CN(C(=O)[C@@H]2CCCN2)CC(C)N1C. The summed E-state index contributed by atoms with van der Waals surface area (Å²) >= 11 is 0. The van der Waals surface area contributed by atoms with E-state index in [1.807, 2.05) is 4.90 Å². The molecule has 2 fully saturated rings. The molecule has 2 rings (SSSR count). The molecule has 92 valence electrons. The quantitative estimate of drug-likeness (QED) is 0.697. The van der Waals surface area contributed by atoms with Gasteiger partial charge in [0.15, 0.2) is 0 Å². The smallest absolute Gasteiger partial charge is 0.239 e. The van der Waals surface area contributed by atoms with E-state index in [2.05, 4.69) is 31.1 Å². The van der Waals surface area contributed by atoms with Crippen LogP contribution in [0.3, 0.4) is 0 Å². The average molecular weight is 225 g/mol. The van der Waals surface area contributed by atoms with E-state index in [0.29, 0.717) is 18.0 Å². The Hall–Kier alpha value is -0.610. The third-order valence-corrected chi connectivity index (χ3v) is 4.03. The van der Waals surface area contributed by atoms with Gasteiger partial charge < -0.3 is 10.2 Å². The summed E-state index contributed by atoms with van der Waals surface area (Å²) in [6, 6.07) is 1.02. The normalized spacial score (nSPS) is 36.7. The zero-order chi connectivity index (χ0) is 11.7. The second kappa shape index (κ2) is 4.72. The van der Waals surface area contributed by atoms with Crippen molar-refractivity contribution in [3.63, 3.8) is 0 Å². The maximum Gasteiger partial charge on any atom is 0.239 e. The molecule has 3 atom stereocenters. The highest BCUT2D eigenvalue weighted by Gasteiger charge is 2.33. The molecule has 0 aliphatic carbocycles. The van der Waals surface area contributed by atoms with Gasteiger partial charge in [0.1, 0.15) is 0 Å². The van der Waals surface area contributed by atoms with Crippen molar-refractivity contribution in [1.29, 1.82) is 0 Å². The van der Waals surface area contributed by atoms with Crippen LogP contribution in [0.2, 0.25) is 0 Å². The molecule has 2 unspecified atom stereocenters. The predicted octanol–water partition coefficient (Wildman–Crippen LogP) is 0.289. The van der Waals surface area contributed by atoms with E-state index in [0.717, 1.165) is 32.5 Å². The second-order valence-corrected chi connectivity index (χ2v) is 5.26. The van der Waals surface area contributed by atoms with E-state index in [-0.39, 0.29) is 6.04 Å². The second-order valence-electron chi connectivity index (χ2n) is 5.26. The molecule has 4 heteroatoms. The molecule has 0 radical (unpaired) electrons. The van der Waals surface area contributed by atoms with E-state index in [9.17, 15) is 4.79 Å². The lowest BCUT2D eigenvalue weighted by atomic mass is 10.1. The number of nitrogens with one attached hydrogen (secondary N) is 1. The number of amides is 1. The summed E-state index contributed by atoms with van der Waals surface area (Å²) < 4.78 is 0. The molecule has 0 bridgehead atoms. The first-order valence-corrected chi connectivity index (χ1v) is 6.33. The highest BCUT2D eigenvalue weighted by atomic mass is 16.2. The zero-order valence-corrected chi connectivity index (χ0v) is 10.6. The first kappa shape index (κ1) is 11.9. The van der Waals surface area contributed by atoms with Crippen molar-refractivity contribution in [3.05, 3.63) is 0 Å². The monoisotopic (exact) mass is 225 g/mol. The standard InChI is InChI=1S/C12H23N3O/c1-9-7-15(8-10(2)14(9)3)12(16)11-5-4-6-13-11/h9-11,13H,4-8H2,1-3H3/t9?,10?,11-/m0/s1. The van der Waals surface area contributed by atoms with Crippen LogP contribution in [0.5, 0.6) is 0 Å². The highest BCUT2D eigenvalue weighted by Crippen LogP contribution is 2.16. The lowest BCUT2D eigenvalue weighted by Gasteiger charge is -2.43. The number of piperazine rings is 1. The Kier molecular flexibility index (Phi) is 3.50. The van der Waals surface area contributed by atoms with Crippen LogP contribution in [0.15, 0.2) is 0 Å². The maximum atomic E-state index is 12.2. The van der Waals surface area contributed by atoms with Crippen molar-refractivity contribution in [1.82, 2.24) is 15.1 Å². The first-order valence-electron chi connectivity index (χ1n) is 6.33. The molecule has 16 heavy (non-hydrogen) atoms. The Morgan fingerprint density at radius 1 is 1.25 bits per heavy atom. The number of carbonyl (C=O) groups is 1. The van der Waals surface area contributed by atoms with Crippen LogP contribution in [0.25, 0.3) is 0 Å². The van der Waals surface area contributed by atoms with Crippen molar-refractivity contribution < 1.29 is 4.79 Å². The van der Waals surface area contributed by atoms with Gasteiger partial charge in [-0.15, -0.1) is 0 Å². The fourth-order valence-electron chi connectivity index (χ4n) is 2.70. The molecule has 0 spiro atoms. The van der Waals surface area contributed by atoms with Gasteiger partial charge in [0.2, 0.25) is 5.91 Å². The Bertz CT molecular complexity index is 251. The van der Waals surface area contributed by atoms with Crippen LogP contribution in [0.4, 0.5) is 0 Å². The molecule has 2 saturated heterocycles. The largest absolute Gasteiger partial charge is 0.338 e. The molecule has 4 nitrogen and oxygen atoms in total. The molecule has 1 amide bonds. The van der Waals surface area contributed by atoms with Crippen molar-refractivity contribution in [3.8, 4) is 0 Å². The predicted molar refractivity (Wildman–Crippen MR) is 64.3 cm³/mol. The number of likely N-dealkylation sites (N-methyl/N-ethyl adjacent to an activating group) is 1. The summed E-state index contributed by atoms with van der Waals surface area (Å²) in [5.74, 6) is 0.310. The summed E-state index contributed by atoms with van der Waals surface area (Å²) in [6.07, 6.45) is 2.14. The minimum absolute atomic E-state index is 0.0859. The van der Waals surface area contributed by atoms with E-state index in [4.69, 9.17) is 0 Å². The van der Waals surface area contributed by atoms with E-state index >= 15 is 0 Å². The molecular formula is C12H23N3O.